The molecule has 16 rings (SSSR count). The monoisotopic (exact) mass is 983 g/mol. The van der Waals surface area contributed by atoms with E-state index in [4.69, 9.17) is 8.83 Å². The molecule has 0 fully saturated rings. The molecule has 0 radical (unpaired) electrons. The van der Waals surface area contributed by atoms with Gasteiger partial charge in [-0.3, -0.25) is 0 Å². The Morgan fingerprint density at radius 2 is 0.711 bits per heavy atom. The highest BCUT2D eigenvalue weighted by atomic mass is 19.1. The van der Waals surface area contributed by atoms with Crippen LogP contribution in [0.2, 0.25) is 0 Å². The number of furan rings is 2. The predicted molar refractivity (Wildman–Crippen MR) is 308 cm³/mol. The van der Waals surface area contributed by atoms with Gasteiger partial charge < -0.3 is 22.5 Å². The molecule has 76 heavy (non-hydrogen) atoms. The largest absolute Gasteiger partial charge is 0.455 e. The highest BCUT2D eigenvalue weighted by Crippen LogP contribution is 2.53. The Morgan fingerprint density at radius 1 is 0.342 bits per heavy atom. The van der Waals surface area contributed by atoms with E-state index in [1.54, 1.807) is 24.3 Å². The summed E-state index contributed by atoms with van der Waals surface area (Å²) >= 11 is 0. The van der Waals surface area contributed by atoms with Crippen LogP contribution in [0.15, 0.2) is 233 Å². The fourth-order valence-electron chi connectivity index (χ4n) is 13.1. The molecule has 0 bridgehead atoms. The molecule has 11 aromatic carbocycles. The van der Waals surface area contributed by atoms with E-state index in [0.29, 0.717) is 0 Å². The van der Waals surface area contributed by atoms with Gasteiger partial charge in [0, 0.05) is 65.3 Å². The van der Waals surface area contributed by atoms with Gasteiger partial charge in [-0.1, -0.05) is 133 Å². The first-order chi connectivity index (χ1) is 37.3. The molecule has 0 aliphatic rings. The SMILES string of the molecule is CC(C)(c1c(-c2ccc(F)cc2)c(-n2c3ccccc3c3c4oc5ccccc5c4ccc32)cc(-n2c3ccccc3c3c4oc5ccccc5c4ccc32)c1-c1ccc(F)cc1)n1c2ccccc2c2ccccc21. The molecule has 5 heterocycles. The predicted octanol–water partition coefficient (Wildman–Crippen LogP) is 19.2. The van der Waals surface area contributed by atoms with Crippen LogP contribution >= 0.6 is 0 Å². The highest BCUT2D eigenvalue weighted by Gasteiger charge is 2.37. The van der Waals surface area contributed by atoms with Gasteiger partial charge in [0.2, 0.25) is 0 Å². The van der Waals surface area contributed by atoms with Crippen molar-refractivity contribution in [3.63, 3.8) is 0 Å². The van der Waals surface area contributed by atoms with Crippen LogP contribution in [-0.4, -0.2) is 13.7 Å². The first-order valence-corrected chi connectivity index (χ1v) is 25.7. The summed E-state index contributed by atoms with van der Waals surface area (Å²) in [4.78, 5) is 0. The molecule has 0 aliphatic heterocycles. The summed E-state index contributed by atoms with van der Waals surface area (Å²) in [6.07, 6.45) is 0. The summed E-state index contributed by atoms with van der Waals surface area (Å²) in [5.74, 6) is -0.676. The van der Waals surface area contributed by atoms with E-state index in [9.17, 15) is 0 Å². The van der Waals surface area contributed by atoms with Crippen LogP contribution in [0.25, 0.3) is 143 Å². The smallest absolute Gasteiger partial charge is 0.145 e. The molecule has 0 N–H and O–H groups in total. The van der Waals surface area contributed by atoms with Crippen molar-refractivity contribution in [3.8, 4) is 33.6 Å². The van der Waals surface area contributed by atoms with E-state index in [1.165, 1.54) is 0 Å². The summed E-state index contributed by atoms with van der Waals surface area (Å²) in [5, 5.41) is 10.5. The number of para-hydroxylation sites is 6. The first-order valence-electron chi connectivity index (χ1n) is 25.7. The average Bonchev–Trinajstić information content (AvgIpc) is 4.28. The van der Waals surface area contributed by atoms with Gasteiger partial charge in [0.05, 0.1) is 49.8 Å². The molecule has 360 valence electrons. The van der Waals surface area contributed by atoms with Gasteiger partial charge in [0.15, 0.2) is 0 Å². The van der Waals surface area contributed by atoms with Crippen molar-refractivity contribution >= 4 is 109 Å². The van der Waals surface area contributed by atoms with E-state index in [-0.39, 0.29) is 11.6 Å². The number of nitrogens with zero attached hydrogens (tertiary/aromatic N) is 3. The Labute approximate surface area is 433 Å². The zero-order valence-electron chi connectivity index (χ0n) is 41.3. The standard InChI is InChI=1S/C69H43F2N3O2/c1-69(2,74-54-23-11-3-15-44(54)45-16-4-12-24-55(45)74)66-62(40-27-31-42(70)32-28-40)58(72-52-21-9-5-19-50(52)64-56(72)37-35-48-46-17-7-13-25-60(46)75-67(48)64)39-59(63(66)41-29-33-43(71)34-30-41)73-53-22-10-6-20-51(53)65-57(73)38-36-49-47-18-8-14-26-61(47)76-68(49)65/h3-39H,1-2H3. The fraction of sp³-hybridized carbons (Fsp3) is 0.0435. The van der Waals surface area contributed by atoms with Gasteiger partial charge in [0.1, 0.15) is 34.0 Å². The third kappa shape index (κ3) is 5.82. The van der Waals surface area contributed by atoms with E-state index < -0.39 is 5.54 Å². The van der Waals surface area contributed by atoms with E-state index in [0.717, 1.165) is 148 Å². The van der Waals surface area contributed by atoms with E-state index in [2.05, 4.69) is 179 Å². The van der Waals surface area contributed by atoms with Crippen molar-refractivity contribution in [2.45, 2.75) is 19.4 Å². The first kappa shape index (κ1) is 42.8. The van der Waals surface area contributed by atoms with Crippen molar-refractivity contribution < 1.29 is 17.6 Å². The zero-order chi connectivity index (χ0) is 50.6. The number of benzene rings is 11. The Morgan fingerprint density at radius 3 is 1.14 bits per heavy atom. The van der Waals surface area contributed by atoms with Gasteiger partial charge >= 0.3 is 0 Å². The van der Waals surface area contributed by atoms with E-state index >= 15 is 8.78 Å². The van der Waals surface area contributed by atoms with Gasteiger partial charge in [0.25, 0.3) is 0 Å². The van der Waals surface area contributed by atoms with Crippen LogP contribution in [0, 0.1) is 11.6 Å². The van der Waals surface area contributed by atoms with Crippen molar-refractivity contribution in [1.82, 2.24) is 13.7 Å². The summed E-state index contributed by atoms with van der Waals surface area (Å²) in [7, 11) is 0. The minimum Gasteiger partial charge on any atom is -0.455 e. The lowest BCUT2D eigenvalue weighted by Gasteiger charge is -2.37. The number of hydrogen-bond acceptors (Lipinski definition) is 2. The van der Waals surface area contributed by atoms with Crippen molar-refractivity contribution in [2.75, 3.05) is 0 Å². The maximum atomic E-state index is 15.6. The Kier molecular flexibility index (Phi) is 8.80. The zero-order valence-corrected chi connectivity index (χ0v) is 41.3. The van der Waals surface area contributed by atoms with Crippen molar-refractivity contribution in [2.24, 2.45) is 0 Å². The molecule has 0 aliphatic carbocycles. The van der Waals surface area contributed by atoms with Crippen LogP contribution in [0.5, 0.6) is 0 Å². The quantitative estimate of drug-likeness (QED) is 0.167. The number of rotatable bonds is 6. The lowest BCUT2D eigenvalue weighted by Crippen LogP contribution is -2.30. The summed E-state index contributed by atoms with van der Waals surface area (Å²) in [6.45, 7) is 4.59. The molecular formula is C69H43F2N3O2. The van der Waals surface area contributed by atoms with Gasteiger partial charge in [-0.05, 0) is 122 Å². The number of aromatic nitrogens is 3. The normalized spacial score (nSPS) is 12.5. The Hall–Kier alpha value is -9.72. The molecule has 16 aromatic rings. The third-order valence-corrected chi connectivity index (χ3v) is 16.1. The van der Waals surface area contributed by atoms with Crippen LogP contribution < -0.4 is 0 Å². The topological polar surface area (TPSA) is 41.1 Å². The second kappa shape index (κ2) is 15.7. The summed E-state index contributed by atoms with van der Waals surface area (Å²) < 4.78 is 52.1. The molecule has 5 nitrogen and oxygen atoms in total. The fourth-order valence-corrected chi connectivity index (χ4v) is 13.1. The maximum absolute atomic E-state index is 15.6. The number of fused-ring (bicyclic) bond motifs is 17. The number of halogens is 2. The van der Waals surface area contributed by atoms with Crippen LogP contribution in [-0.2, 0) is 5.54 Å². The Bertz CT molecular complexity index is 4790. The number of hydrogen-bond donors (Lipinski definition) is 0. The molecule has 0 spiro atoms. The van der Waals surface area contributed by atoms with Gasteiger partial charge in [-0.15, -0.1) is 0 Å². The van der Waals surface area contributed by atoms with Crippen molar-refractivity contribution in [1.29, 1.82) is 0 Å². The van der Waals surface area contributed by atoms with Crippen molar-refractivity contribution in [3.05, 3.63) is 242 Å². The minimum atomic E-state index is -0.906. The van der Waals surface area contributed by atoms with Gasteiger partial charge in [-0.2, -0.15) is 0 Å². The molecule has 0 saturated heterocycles. The average molecular weight is 984 g/mol. The summed E-state index contributed by atoms with van der Waals surface area (Å²) in [6, 6.07) is 75.6. The second-order valence-electron chi connectivity index (χ2n) is 20.6. The molecule has 0 saturated carbocycles. The van der Waals surface area contributed by atoms with Gasteiger partial charge in [-0.25, -0.2) is 8.78 Å². The summed E-state index contributed by atoms with van der Waals surface area (Å²) in [5.41, 5.74) is 14.4. The highest BCUT2D eigenvalue weighted by molar-refractivity contribution is 6.26. The molecule has 5 aromatic heterocycles. The molecule has 0 atom stereocenters. The van der Waals surface area contributed by atoms with Crippen LogP contribution in [0.4, 0.5) is 8.78 Å². The van der Waals surface area contributed by atoms with Crippen LogP contribution in [0.3, 0.4) is 0 Å². The maximum Gasteiger partial charge on any atom is 0.145 e. The Balaban J connectivity index is 1.17. The second-order valence-corrected chi connectivity index (χ2v) is 20.6. The van der Waals surface area contributed by atoms with E-state index in [1.807, 2.05) is 48.5 Å². The molecule has 0 unspecified atom stereocenters. The molecular weight excluding hydrogens is 941 g/mol. The molecule has 0 amide bonds. The lowest BCUT2D eigenvalue weighted by atomic mass is 9.79. The third-order valence-electron chi connectivity index (χ3n) is 16.1. The van der Waals surface area contributed by atoms with Crippen LogP contribution in [0.1, 0.15) is 19.4 Å². The molecule has 7 heteroatoms. The lowest BCUT2D eigenvalue weighted by molar-refractivity contribution is 0.467. The minimum absolute atomic E-state index is 0.338.